The van der Waals surface area contributed by atoms with Crippen molar-refractivity contribution < 1.29 is 9.53 Å². The van der Waals surface area contributed by atoms with E-state index in [0.29, 0.717) is 16.8 Å². The van der Waals surface area contributed by atoms with Crippen LogP contribution in [0.5, 0.6) is 0 Å². The van der Waals surface area contributed by atoms with Crippen LogP contribution >= 0.6 is 15.9 Å². The Labute approximate surface area is 99.0 Å². The Balaban J connectivity index is 0.000000583. The van der Waals surface area contributed by atoms with Crippen LogP contribution in [0.4, 0.5) is 0 Å². The first-order chi connectivity index (χ1) is 7.15. The summed E-state index contributed by atoms with van der Waals surface area (Å²) in [6.45, 7) is 6.40. The molecule has 0 amide bonds. The lowest BCUT2D eigenvalue weighted by Crippen LogP contribution is -2.04. The van der Waals surface area contributed by atoms with Gasteiger partial charge in [0.2, 0.25) is 0 Å². The summed E-state index contributed by atoms with van der Waals surface area (Å²) >= 11 is 3.17. The van der Waals surface area contributed by atoms with Crippen LogP contribution < -0.4 is 0 Å². The summed E-state index contributed by atoms with van der Waals surface area (Å²) in [7, 11) is 0. The van der Waals surface area contributed by atoms with E-state index < -0.39 is 0 Å². The minimum Gasteiger partial charge on any atom is -0.462 e. The molecule has 0 saturated carbocycles. The van der Waals surface area contributed by atoms with Crippen LogP contribution in [-0.4, -0.2) is 17.6 Å². The van der Waals surface area contributed by atoms with E-state index in [1.165, 1.54) is 12.6 Å². The van der Waals surface area contributed by atoms with Crippen molar-refractivity contribution in [3.63, 3.8) is 0 Å². The highest BCUT2D eigenvalue weighted by Gasteiger charge is 2.04. The first-order valence-corrected chi connectivity index (χ1v) is 5.73. The molecule has 0 radical (unpaired) electrons. The third kappa shape index (κ3) is 6.23. The number of nitrogens with zero attached hydrogens (tertiary/aromatic N) is 1. The predicted molar refractivity (Wildman–Crippen MR) is 63.9 cm³/mol. The Kier molecular flexibility index (Phi) is 7.91. The molecule has 0 bridgehead atoms. The van der Waals surface area contributed by atoms with Gasteiger partial charge >= 0.3 is 5.97 Å². The molecule has 84 valence electrons. The highest BCUT2D eigenvalue weighted by Crippen LogP contribution is 2.06. The molecule has 0 fully saturated rings. The van der Waals surface area contributed by atoms with Crippen LogP contribution in [0.1, 0.15) is 37.6 Å². The molecule has 1 rings (SSSR count). The van der Waals surface area contributed by atoms with E-state index in [4.69, 9.17) is 4.74 Å². The second kappa shape index (κ2) is 8.41. The molecule has 1 aromatic heterocycles. The summed E-state index contributed by atoms with van der Waals surface area (Å²) in [6, 6.07) is 3.36. The molecule has 0 aliphatic carbocycles. The Hall–Kier alpha value is -0.900. The number of halogens is 1. The van der Waals surface area contributed by atoms with E-state index in [1.807, 2.05) is 0 Å². The third-order valence-corrected chi connectivity index (χ3v) is 1.71. The maximum atomic E-state index is 11.1. The van der Waals surface area contributed by atoms with Gasteiger partial charge in [0.1, 0.15) is 4.60 Å². The van der Waals surface area contributed by atoms with Gasteiger partial charge in [0, 0.05) is 6.20 Å². The van der Waals surface area contributed by atoms with Gasteiger partial charge in [-0.1, -0.05) is 20.3 Å². The van der Waals surface area contributed by atoms with Crippen LogP contribution in [0.3, 0.4) is 0 Å². The second-order valence-corrected chi connectivity index (χ2v) is 3.61. The van der Waals surface area contributed by atoms with Gasteiger partial charge in [-0.2, -0.15) is 0 Å². The van der Waals surface area contributed by atoms with E-state index in [1.54, 1.807) is 19.1 Å². The van der Waals surface area contributed by atoms with Crippen molar-refractivity contribution in [2.24, 2.45) is 0 Å². The Morgan fingerprint density at radius 3 is 2.40 bits per heavy atom. The van der Waals surface area contributed by atoms with Crippen molar-refractivity contribution in [1.29, 1.82) is 0 Å². The summed E-state index contributed by atoms with van der Waals surface area (Å²) < 4.78 is 5.48. The third-order valence-electron chi connectivity index (χ3n) is 1.24. The van der Waals surface area contributed by atoms with E-state index in [0.717, 1.165) is 0 Å². The zero-order valence-corrected chi connectivity index (χ0v) is 10.9. The quantitative estimate of drug-likeness (QED) is 0.612. The Morgan fingerprint density at radius 1 is 1.40 bits per heavy atom. The average molecular weight is 274 g/mol. The highest BCUT2D eigenvalue weighted by atomic mass is 79.9. The second-order valence-electron chi connectivity index (χ2n) is 2.80. The minimum absolute atomic E-state index is 0.336. The van der Waals surface area contributed by atoms with Gasteiger partial charge in [-0.15, -0.1) is 0 Å². The van der Waals surface area contributed by atoms with E-state index >= 15 is 0 Å². The number of rotatable bonds is 2. The van der Waals surface area contributed by atoms with Gasteiger partial charge in [-0.05, 0) is 35.0 Å². The fraction of sp³-hybridized carbons (Fsp3) is 0.455. The molecule has 1 heterocycles. The van der Waals surface area contributed by atoms with Gasteiger partial charge in [0.25, 0.3) is 0 Å². The van der Waals surface area contributed by atoms with Gasteiger partial charge in [0.15, 0.2) is 0 Å². The molecule has 0 spiro atoms. The average Bonchev–Trinajstić information content (AvgIpc) is 2.20. The van der Waals surface area contributed by atoms with Crippen LogP contribution in [0.25, 0.3) is 0 Å². The first kappa shape index (κ1) is 14.1. The van der Waals surface area contributed by atoms with Gasteiger partial charge in [-0.3, -0.25) is 0 Å². The molecular formula is C11H16BrNO2. The molecular weight excluding hydrogens is 258 g/mol. The van der Waals surface area contributed by atoms with Crippen molar-refractivity contribution >= 4 is 21.9 Å². The summed E-state index contributed by atoms with van der Waals surface area (Å²) in [5, 5.41) is 0. The fourth-order valence-corrected chi connectivity index (χ4v) is 0.946. The number of carbonyl (C=O) groups excluding carboxylic acids is 1. The van der Waals surface area contributed by atoms with E-state index in [-0.39, 0.29) is 5.97 Å². The van der Waals surface area contributed by atoms with Gasteiger partial charge in [0.05, 0.1) is 12.2 Å². The van der Waals surface area contributed by atoms with Crippen molar-refractivity contribution in [3.8, 4) is 0 Å². The minimum atomic E-state index is -0.336. The number of hydrogen-bond acceptors (Lipinski definition) is 3. The zero-order chi connectivity index (χ0) is 11.7. The van der Waals surface area contributed by atoms with Crippen LogP contribution in [0.15, 0.2) is 22.9 Å². The predicted octanol–water partition coefficient (Wildman–Crippen LogP) is 3.44. The molecule has 3 nitrogen and oxygen atoms in total. The summed E-state index contributed by atoms with van der Waals surface area (Å²) in [5.41, 5.74) is 0.472. The lowest BCUT2D eigenvalue weighted by atomic mass is 10.3. The summed E-state index contributed by atoms with van der Waals surface area (Å²) in [5.74, 6) is -0.336. The highest BCUT2D eigenvalue weighted by molar-refractivity contribution is 9.10. The molecule has 15 heavy (non-hydrogen) atoms. The molecule has 0 unspecified atom stereocenters. The molecule has 0 aromatic carbocycles. The van der Waals surface area contributed by atoms with Crippen molar-refractivity contribution in [2.45, 2.75) is 27.2 Å². The molecule has 4 heteroatoms. The normalized spacial score (nSPS) is 8.80. The fourth-order valence-electron chi connectivity index (χ4n) is 0.711. The lowest BCUT2D eigenvalue weighted by molar-refractivity contribution is 0.0526. The monoisotopic (exact) mass is 273 g/mol. The maximum Gasteiger partial charge on any atom is 0.339 e. The van der Waals surface area contributed by atoms with Gasteiger partial charge in [-0.25, -0.2) is 9.78 Å². The number of carbonyl (C=O) groups is 1. The van der Waals surface area contributed by atoms with Crippen molar-refractivity contribution in [3.05, 3.63) is 28.5 Å². The maximum absolute atomic E-state index is 11.1. The molecule has 0 aliphatic rings. The lowest BCUT2D eigenvalue weighted by Gasteiger charge is -1.99. The smallest absolute Gasteiger partial charge is 0.339 e. The zero-order valence-electron chi connectivity index (χ0n) is 9.29. The number of aromatic nitrogens is 1. The molecule has 0 aliphatic heterocycles. The number of esters is 1. The number of hydrogen-bond donors (Lipinski definition) is 0. The van der Waals surface area contributed by atoms with E-state index in [2.05, 4.69) is 34.8 Å². The SMILES string of the molecule is CCC.CCOC(=O)c1ccc(Br)nc1. The van der Waals surface area contributed by atoms with Crippen LogP contribution in [-0.2, 0) is 4.74 Å². The van der Waals surface area contributed by atoms with Crippen LogP contribution in [0, 0.1) is 0 Å². The van der Waals surface area contributed by atoms with E-state index in [9.17, 15) is 4.79 Å². The molecule has 0 atom stereocenters. The molecule has 0 N–H and O–H groups in total. The Morgan fingerprint density at radius 2 is 2.00 bits per heavy atom. The van der Waals surface area contributed by atoms with Crippen molar-refractivity contribution in [2.75, 3.05) is 6.61 Å². The van der Waals surface area contributed by atoms with Crippen molar-refractivity contribution in [1.82, 2.24) is 4.98 Å². The molecule has 1 aromatic rings. The number of ether oxygens (including phenoxy) is 1. The summed E-state index contributed by atoms with van der Waals surface area (Å²) in [4.78, 5) is 15.0. The van der Waals surface area contributed by atoms with Gasteiger partial charge < -0.3 is 4.74 Å². The molecule has 0 saturated heterocycles. The largest absolute Gasteiger partial charge is 0.462 e. The first-order valence-electron chi connectivity index (χ1n) is 4.94. The topological polar surface area (TPSA) is 39.2 Å². The number of pyridine rings is 1. The summed E-state index contributed by atoms with van der Waals surface area (Å²) in [6.07, 6.45) is 2.72. The Bertz CT molecular complexity index is 285. The standard InChI is InChI=1S/C8H8BrNO2.C3H8/c1-2-12-8(11)6-3-4-7(9)10-5-6;1-3-2/h3-5H,2H2,1H3;3H2,1-2H3. The van der Waals surface area contributed by atoms with Crippen LogP contribution in [0.2, 0.25) is 0 Å².